The summed E-state index contributed by atoms with van der Waals surface area (Å²) in [7, 11) is -0.554. The summed E-state index contributed by atoms with van der Waals surface area (Å²) in [5, 5.41) is 2.78. The van der Waals surface area contributed by atoms with E-state index in [0.29, 0.717) is 11.3 Å². The van der Waals surface area contributed by atoms with E-state index in [9.17, 15) is 13.2 Å². The topological polar surface area (TPSA) is 66.5 Å². The lowest BCUT2D eigenvalue weighted by molar-refractivity contribution is 0.102. The van der Waals surface area contributed by atoms with Crippen LogP contribution in [0.2, 0.25) is 0 Å². The van der Waals surface area contributed by atoms with Crippen molar-refractivity contribution in [1.82, 2.24) is 4.31 Å². The minimum atomic E-state index is -3.49. The number of carbonyl (C=O) groups excluding carboxylic acids is 1. The zero-order valence-corrected chi connectivity index (χ0v) is 14.7. The zero-order valence-electron chi connectivity index (χ0n) is 13.1. The zero-order chi connectivity index (χ0) is 17.0. The van der Waals surface area contributed by atoms with Gasteiger partial charge in [0.15, 0.2) is 0 Å². The van der Waals surface area contributed by atoms with E-state index in [1.165, 1.54) is 38.4 Å². The molecule has 122 valence electrons. The fourth-order valence-corrected chi connectivity index (χ4v) is 3.18. The van der Waals surface area contributed by atoms with E-state index in [1.807, 2.05) is 30.5 Å². The van der Waals surface area contributed by atoms with E-state index < -0.39 is 10.0 Å². The first kappa shape index (κ1) is 17.5. The van der Waals surface area contributed by atoms with Crippen LogP contribution in [0.25, 0.3) is 0 Å². The number of rotatable bonds is 5. The molecule has 0 aliphatic rings. The Labute approximate surface area is 140 Å². The van der Waals surface area contributed by atoms with Gasteiger partial charge < -0.3 is 5.32 Å². The van der Waals surface area contributed by atoms with Gasteiger partial charge in [-0.3, -0.25) is 4.79 Å². The Morgan fingerprint density at radius 3 is 2.04 bits per heavy atom. The molecule has 2 aromatic carbocycles. The summed E-state index contributed by atoms with van der Waals surface area (Å²) in [6.45, 7) is 0. The average molecular weight is 350 g/mol. The van der Waals surface area contributed by atoms with Crippen molar-refractivity contribution >= 4 is 33.4 Å². The fourth-order valence-electron chi connectivity index (χ4n) is 1.87. The predicted molar refractivity (Wildman–Crippen MR) is 93.5 cm³/mol. The van der Waals surface area contributed by atoms with Crippen LogP contribution in [0.3, 0.4) is 0 Å². The normalized spacial score (nSPS) is 11.5. The third-order valence-electron chi connectivity index (χ3n) is 3.24. The molecule has 0 fully saturated rings. The van der Waals surface area contributed by atoms with Crippen LogP contribution in [0.1, 0.15) is 10.4 Å². The van der Waals surface area contributed by atoms with Gasteiger partial charge in [0.05, 0.1) is 4.90 Å². The van der Waals surface area contributed by atoms with Crippen molar-refractivity contribution in [2.75, 3.05) is 25.7 Å². The molecule has 7 heteroatoms. The second-order valence-corrected chi connectivity index (χ2v) is 8.03. The van der Waals surface area contributed by atoms with Crippen molar-refractivity contribution in [1.29, 1.82) is 0 Å². The van der Waals surface area contributed by atoms with Crippen LogP contribution in [0.5, 0.6) is 0 Å². The van der Waals surface area contributed by atoms with Crippen LogP contribution in [-0.2, 0) is 10.0 Å². The number of amides is 1. The number of nitrogens with one attached hydrogen (secondary N) is 1. The van der Waals surface area contributed by atoms with Gasteiger partial charge in [0.25, 0.3) is 5.91 Å². The van der Waals surface area contributed by atoms with Crippen molar-refractivity contribution < 1.29 is 13.2 Å². The van der Waals surface area contributed by atoms with Gasteiger partial charge in [-0.2, -0.15) is 0 Å². The van der Waals surface area contributed by atoms with E-state index in [-0.39, 0.29) is 10.8 Å². The number of hydrogen-bond donors (Lipinski definition) is 1. The van der Waals surface area contributed by atoms with Crippen LogP contribution in [0.4, 0.5) is 5.69 Å². The molecule has 2 aromatic rings. The molecule has 0 heterocycles. The Morgan fingerprint density at radius 2 is 1.57 bits per heavy atom. The molecule has 1 amide bonds. The molecule has 0 saturated carbocycles. The molecule has 0 aliphatic carbocycles. The number of benzene rings is 2. The number of nitrogens with zero attached hydrogens (tertiary/aromatic N) is 1. The lowest BCUT2D eigenvalue weighted by Crippen LogP contribution is -2.22. The number of sulfonamides is 1. The molecule has 0 spiro atoms. The van der Waals surface area contributed by atoms with Gasteiger partial charge >= 0.3 is 0 Å². The second kappa shape index (κ2) is 7.16. The Bertz CT molecular complexity index is 783. The molecule has 0 radical (unpaired) electrons. The number of carbonyl (C=O) groups is 1. The van der Waals surface area contributed by atoms with E-state index in [1.54, 1.807) is 11.8 Å². The predicted octanol–water partition coefficient (Wildman–Crippen LogP) is 2.91. The molecule has 5 nitrogen and oxygen atoms in total. The number of thioether (sulfide) groups is 1. The Balaban J connectivity index is 2.14. The fraction of sp³-hybridized carbons (Fsp3) is 0.188. The highest BCUT2D eigenvalue weighted by Gasteiger charge is 2.17. The third-order valence-corrected chi connectivity index (χ3v) is 5.82. The molecule has 0 atom stereocenters. The summed E-state index contributed by atoms with van der Waals surface area (Å²) in [5.41, 5.74) is 1.09. The second-order valence-electron chi connectivity index (χ2n) is 4.99. The Morgan fingerprint density at radius 1 is 1.00 bits per heavy atom. The molecule has 0 saturated heterocycles. The van der Waals surface area contributed by atoms with E-state index in [2.05, 4.69) is 5.32 Å². The largest absolute Gasteiger partial charge is 0.322 e. The molecule has 0 aliphatic heterocycles. The maximum atomic E-state index is 12.2. The van der Waals surface area contributed by atoms with Crippen LogP contribution in [0.15, 0.2) is 58.3 Å². The summed E-state index contributed by atoms with van der Waals surface area (Å²) in [4.78, 5) is 13.5. The first-order chi connectivity index (χ1) is 10.8. The monoisotopic (exact) mass is 350 g/mol. The first-order valence-electron chi connectivity index (χ1n) is 6.82. The van der Waals surface area contributed by atoms with Gasteiger partial charge in [-0.1, -0.05) is 0 Å². The maximum Gasteiger partial charge on any atom is 0.255 e. The van der Waals surface area contributed by atoms with Gasteiger partial charge in [0.2, 0.25) is 10.0 Å². The SMILES string of the molecule is CSc1ccc(NC(=O)c2ccc(S(=O)(=O)N(C)C)cc2)cc1. The summed E-state index contributed by atoms with van der Waals surface area (Å²) < 4.78 is 25.1. The first-order valence-corrected chi connectivity index (χ1v) is 9.49. The highest BCUT2D eigenvalue weighted by atomic mass is 32.2. The van der Waals surface area contributed by atoms with Crippen molar-refractivity contribution in [2.45, 2.75) is 9.79 Å². The maximum absolute atomic E-state index is 12.2. The van der Waals surface area contributed by atoms with E-state index in [4.69, 9.17) is 0 Å². The minimum absolute atomic E-state index is 0.156. The lowest BCUT2D eigenvalue weighted by Gasteiger charge is -2.11. The highest BCUT2D eigenvalue weighted by molar-refractivity contribution is 7.98. The van der Waals surface area contributed by atoms with Gasteiger partial charge in [-0.25, -0.2) is 12.7 Å². The molecule has 23 heavy (non-hydrogen) atoms. The van der Waals surface area contributed by atoms with E-state index >= 15 is 0 Å². The van der Waals surface area contributed by atoms with Crippen molar-refractivity contribution in [2.24, 2.45) is 0 Å². The van der Waals surface area contributed by atoms with E-state index in [0.717, 1.165) is 9.20 Å². The van der Waals surface area contributed by atoms with Crippen molar-refractivity contribution in [3.8, 4) is 0 Å². The molecule has 1 N–H and O–H groups in total. The van der Waals surface area contributed by atoms with Gasteiger partial charge in [-0.15, -0.1) is 11.8 Å². The summed E-state index contributed by atoms with van der Waals surface area (Å²) in [6, 6.07) is 13.4. The van der Waals surface area contributed by atoms with Crippen LogP contribution >= 0.6 is 11.8 Å². The average Bonchev–Trinajstić information content (AvgIpc) is 2.55. The Kier molecular flexibility index (Phi) is 5.46. The minimum Gasteiger partial charge on any atom is -0.322 e. The van der Waals surface area contributed by atoms with Crippen LogP contribution in [0, 0.1) is 0 Å². The standard InChI is InChI=1S/C16H18N2O3S2/c1-18(2)23(20,21)15-10-4-12(5-11-15)16(19)17-13-6-8-14(22-3)9-7-13/h4-11H,1-3H3,(H,17,19). The van der Waals surface area contributed by atoms with Gasteiger partial charge in [0.1, 0.15) is 0 Å². The quantitative estimate of drug-likeness (QED) is 0.842. The molecule has 0 unspecified atom stereocenters. The summed E-state index contributed by atoms with van der Waals surface area (Å²) in [6.07, 6.45) is 1.98. The number of anilines is 1. The van der Waals surface area contributed by atoms with Gasteiger partial charge in [-0.05, 0) is 54.8 Å². The number of hydrogen-bond acceptors (Lipinski definition) is 4. The molecular weight excluding hydrogens is 332 g/mol. The van der Waals surface area contributed by atoms with Crippen molar-refractivity contribution in [3.05, 3.63) is 54.1 Å². The lowest BCUT2D eigenvalue weighted by atomic mass is 10.2. The summed E-state index contributed by atoms with van der Waals surface area (Å²) >= 11 is 1.63. The van der Waals surface area contributed by atoms with Gasteiger partial charge in [0, 0.05) is 30.2 Å². The Hall–Kier alpha value is -1.83. The van der Waals surface area contributed by atoms with Crippen LogP contribution in [-0.4, -0.2) is 39.0 Å². The molecular formula is C16H18N2O3S2. The smallest absolute Gasteiger partial charge is 0.255 e. The highest BCUT2D eigenvalue weighted by Crippen LogP contribution is 2.19. The molecule has 2 rings (SSSR count). The van der Waals surface area contributed by atoms with Crippen LogP contribution < -0.4 is 5.32 Å². The third kappa shape index (κ3) is 4.13. The molecule has 0 aromatic heterocycles. The van der Waals surface area contributed by atoms with Crippen molar-refractivity contribution in [3.63, 3.8) is 0 Å². The summed E-state index contributed by atoms with van der Waals surface area (Å²) in [5.74, 6) is -0.282. The molecule has 0 bridgehead atoms.